The minimum atomic E-state index is 0.260. The maximum Gasteiger partial charge on any atom is 0.222 e. The van der Waals surface area contributed by atoms with Gasteiger partial charge in [-0.25, -0.2) is 0 Å². The van der Waals surface area contributed by atoms with E-state index in [1.54, 1.807) is 7.05 Å². The van der Waals surface area contributed by atoms with Crippen LogP contribution in [0.3, 0.4) is 0 Å². The van der Waals surface area contributed by atoms with Gasteiger partial charge in [0.05, 0.1) is 0 Å². The molecule has 2 N–H and O–H groups in total. The second-order valence-electron chi connectivity index (χ2n) is 6.78. The van der Waals surface area contributed by atoms with Crippen LogP contribution >= 0.6 is 0 Å². The molecule has 0 saturated carbocycles. The lowest BCUT2D eigenvalue weighted by atomic mass is 10.1. The summed E-state index contributed by atoms with van der Waals surface area (Å²) in [7, 11) is 1.78. The van der Waals surface area contributed by atoms with E-state index >= 15 is 0 Å². The summed E-state index contributed by atoms with van der Waals surface area (Å²) in [6.07, 6.45) is 2.60. The third-order valence-corrected chi connectivity index (χ3v) is 4.87. The van der Waals surface area contributed by atoms with Gasteiger partial charge in [-0.05, 0) is 29.5 Å². The summed E-state index contributed by atoms with van der Waals surface area (Å²) in [5.41, 5.74) is 3.70. The van der Waals surface area contributed by atoms with Crippen molar-refractivity contribution in [3.8, 4) is 0 Å². The van der Waals surface area contributed by atoms with Gasteiger partial charge >= 0.3 is 0 Å². The van der Waals surface area contributed by atoms with Crippen molar-refractivity contribution in [1.82, 2.24) is 15.5 Å². The van der Waals surface area contributed by atoms with Crippen molar-refractivity contribution >= 4 is 11.9 Å². The first-order chi connectivity index (χ1) is 13.3. The number of guanidine groups is 1. The van der Waals surface area contributed by atoms with Crippen molar-refractivity contribution < 1.29 is 4.79 Å². The standard InChI is InChI=1S/C22H28N4O/c1-23-22(24-14-13-18-8-3-2-4-9-18)25-16-19-10-5-6-11-20(19)17-26-15-7-12-21(26)27/h2-6,8-11H,7,12-17H2,1H3,(H2,23,24,25). The number of rotatable bonds is 7. The first-order valence-corrected chi connectivity index (χ1v) is 9.59. The zero-order valence-electron chi connectivity index (χ0n) is 15.9. The van der Waals surface area contributed by atoms with Gasteiger partial charge in [-0.15, -0.1) is 0 Å². The van der Waals surface area contributed by atoms with E-state index in [1.165, 1.54) is 16.7 Å². The second-order valence-corrected chi connectivity index (χ2v) is 6.78. The number of amides is 1. The SMILES string of the molecule is CN=C(NCCc1ccccc1)NCc1ccccc1CN1CCCC1=O. The molecule has 0 atom stereocenters. The topological polar surface area (TPSA) is 56.7 Å². The summed E-state index contributed by atoms with van der Waals surface area (Å²) < 4.78 is 0. The van der Waals surface area contributed by atoms with Crippen LogP contribution in [0, 0.1) is 0 Å². The van der Waals surface area contributed by atoms with Crippen molar-refractivity contribution in [1.29, 1.82) is 0 Å². The van der Waals surface area contributed by atoms with E-state index in [0.29, 0.717) is 19.5 Å². The highest BCUT2D eigenvalue weighted by molar-refractivity contribution is 5.79. The van der Waals surface area contributed by atoms with Crippen molar-refractivity contribution in [2.24, 2.45) is 4.99 Å². The molecule has 5 heteroatoms. The molecule has 1 amide bonds. The molecular formula is C22H28N4O. The highest BCUT2D eigenvalue weighted by atomic mass is 16.2. The minimum absolute atomic E-state index is 0.260. The van der Waals surface area contributed by atoms with Gasteiger partial charge in [0.1, 0.15) is 0 Å². The molecule has 0 radical (unpaired) electrons. The molecule has 5 nitrogen and oxygen atoms in total. The van der Waals surface area contributed by atoms with Crippen LogP contribution < -0.4 is 10.6 Å². The Morgan fingerprint density at radius 3 is 2.48 bits per heavy atom. The van der Waals surface area contributed by atoms with E-state index in [-0.39, 0.29) is 5.91 Å². The van der Waals surface area contributed by atoms with Crippen molar-refractivity contribution in [3.63, 3.8) is 0 Å². The average Bonchev–Trinajstić information content (AvgIpc) is 3.11. The van der Waals surface area contributed by atoms with Gasteiger partial charge in [-0.3, -0.25) is 9.79 Å². The van der Waals surface area contributed by atoms with E-state index in [4.69, 9.17) is 0 Å². The van der Waals surface area contributed by atoms with Crippen LogP contribution in [0.5, 0.6) is 0 Å². The number of carbonyl (C=O) groups is 1. The number of likely N-dealkylation sites (tertiary alicyclic amines) is 1. The summed E-state index contributed by atoms with van der Waals surface area (Å²) in [4.78, 5) is 18.2. The molecule has 0 aromatic heterocycles. The lowest BCUT2D eigenvalue weighted by Gasteiger charge is -2.19. The zero-order chi connectivity index (χ0) is 18.9. The molecule has 0 unspecified atom stereocenters. The fourth-order valence-electron chi connectivity index (χ4n) is 3.33. The van der Waals surface area contributed by atoms with E-state index in [0.717, 1.165) is 31.9 Å². The van der Waals surface area contributed by atoms with Crippen LogP contribution in [0.2, 0.25) is 0 Å². The number of hydrogen-bond acceptors (Lipinski definition) is 2. The fraction of sp³-hybridized carbons (Fsp3) is 0.364. The molecule has 3 rings (SSSR count). The molecule has 1 aliphatic rings. The van der Waals surface area contributed by atoms with Crippen LogP contribution in [0.25, 0.3) is 0 Å². The predicted molar refractivity (Wildman–Crippen MR) is 109 cm³/mol. The van der Waals surface area contributed by atoms with Crippen molar-refractivity contribution in [2.45, 2.75) is 32.4 Å². The van der Waals surface area contributed by atoms with Gasteiger partial charge in [-0.2, -0.15) is 0 Å². The number of aliphatic imine (C=N–C) groups is 1. The average molecular weight is 364 g/mol. The Labute approximate surface area is 161 Å². The summed E-state index contributed by atoms with van der Waals surface area (Å²) in [5, 5.41) is 6.75. The predicted octanol–water partition coefficient (Wildman–Crippen LogP) is 2.72. The monoisotopic (exact) mass is 364 g/mol. The summed E-state index contributed by atoms with van der Waals surface area (Å²) in [5.74, 6) is 1.05. The van der Waals surface area contributed by atoms with E-state index in [9.17, 15) is 4.79 Å². The Morgan fingerprint density at radius 2 is 1.78 bits per heavy atom. The smallest absolute Gasteiger partial charge is 0.222 e. The van der Waals surface area contributed by atoms with Crippen LogP contribution in [-0.4, -0.2) is 36.9 Å². The van der Waals surface area contributed by atoms with Crippen LogP contribution in [0.15, 0.2) is 59.6 Å². The quantitative estimate of drug-likeness (QED) is 0.587. The number of nitrogens with zero attached hydrogens (tertiary/aromatic N) is 2. The molecule has 2 aromatic carbocycles. The maximum atomic E-state index is 11.9. The third-order valence-electron chi connectivity index (χ3n) is 4.87. The summed E-state index contributed by atoms with van der Waals surface area (Å²) in [6, 6.07) is 18.7. The molecule has 1 saturated heterocycles. The number of benzene rings is 2. The van der Waals surface area contributed by atoms with Gasteiger partial charge in [-0.1, -0.05) is 54.6 Å². The molecule has 0 spiro atoms. The van der Waals surface area contributed by atoms with Crippen LogP contribution in [0.1, 0.15) is 29.5 Å². The number of nitrogens with one attached hydrogen (secondary N) is 2. The van der Waals surface area contributed by atoms with Gasteiger partial charge in [0.2, 0.25) is 5.91 Å². The highest BCUT2D eigenvalue weighted by Gasteiger charge is 2.20. The van der Waals surface area contributed by atoms with E-state index in [1.807, 2.05) is 23.1 Å². The Kier molecular flexibility index (Phi) is 6.85. The molecule has 2 aromatic rings. The normalized spacial score (nSPS) is 14.5. The number of carbonyl (C=O) groups excluding carboxylic acids is 1. The molecule has 0 bridgehead atoms. The Bertz CT molecular complexity index is 773. The number of hydrogen-bond donors (Lipinski definition) is 2. The Hall–Kier alpha value is -2.82. The molecule has 27 heavy (non-hydrogen) atoms. The zero-order valence-corrected chi connectivity index (χ0v) is 15.9. The first-order valence-electron chi connectivity index (χ1n) is 9.59. The van der Waals surface area contributed by atoms with Gasteiger partial charge in [0.15, 0.2) is 5.96 Å². The molecule has 1 fully saturated rings. The molecule has 142 valence electrons. The van der Waals surface area contributed by atoms with E-state index in [2.05, 4.69) is 52.0 Å². The van der Waals surface area contributed by atoms with E-state index < -0.39 is 0 Å². The lowest BCUT2D eigenvalue weighted by molar-refractivity contribution is -0.128. The lowest BCUT2D eigenvalue weighted by Crippen LogP contribution is -2.38. The Morgan fingerprint density at radius 1 is 1.04 bits per heavy atom. The first kappa shape index (κ1) is 19.0. The third kappa shape index (κ3) is 5.58. The summed E-state index contributed by atoms with van der Waals surface area (Å²) in [6.45, 7) is 3.07. The van der Waals surface area contributed by atoms with Gasteiger partial charge < -0.3 is 15.5 Å². The fourth-order valence-corrected chi connectivity index (χ4v) is 3.33. The van der Waals surface area contributed by atoms with Gasteiger partial charge in [0, 0.05) is 39.6 Å². The highest BCUT2D eigenvalue weighted by Crippen LogP contribution is 2.17. The Balaban J connectivity index is 1.51. The van der Waals surface area contributed by atoms with Crippen LogP contribution in [0.4, 0.5) is 0 Å². The van der Waals surface area contributed by atoms with Crippen molar-refractivity contribution in [3.05, 3.63) is 71.3 Å². The van der Waals surface area contributed by atoms with Crippen molar-refractivity contribution in [2.75, 3.05) is 20.1 Å². The van der Waals surface area contributed by atoms with Gasteiger partial charge in [0.25, 0.3) is 0 Å². The minimum Gasteiger partial charge on any atom is -0.356 e. The largest absolute Gasteiger partial charge is 0.356 e. The second kappa shape index (κ2) is 9.76. The molecular weight excluding hydrogens is 336 g/mol. The molecule has 1 heterocycles. The molecule has 1 aliphatic heterocycles. The van der Waals surface area contributed by atoms with Crippen LogP contribution in [-0.2, 0) is 24.3 Å². The maximum absolute atomic E-state index is 11.9. The summed E-state index contributed by atoms with van der Waals surface area (Å²) >= 11 is 0. The molecule has 0 aliphatic carbocycles.